The van der Waals surface area contributed by atoms with Gasteiger partial charge in [0.15, 0.2) is 0 Å². The molecule has 0 heterocycles. The molecule has 0 spiro atoms. The molecule has 0 aliphatic carbocycles. The molecule has 2 aromatic carbocycles. The molecule has 0 aromatic heterocycles. The number of aliphatic hydroxyl groups excluding tert-OH is 2. The molecule has 2 nitrogen and oxygen atoms in total. The van der Waals surface area contributed by atoms with Crippen LogP contribution in [0.25, 0.3) is 11.1 Å². The fourth-order valence-corrected chi connectivity index (χ4v) is 8.32. The number of aliphatic hydroxyl groups is 2. The Morgan fingerprint density at radius 2 is 1.19 bits per heavy atom. The molecular formula is C23H36O2Si2. The summed E-state index contributed by atoms with van der Waals surface area (Å²) in [5, 5.41) is 23.1. The SMILES string of the molecule is Cc1cc(C)c(-c2cc([Si](C)(C)C)c(CO)c(CO)c2[Si](C)(C)C)c(C)c1. The van der Waals surface area contributed by atoms with Gasteiger partial charge in [-0.2, -0.15) is 0 Å². The summed E-state index contributed by atoms with van der Waals surface area (Å²) in [7, 11) is -3.47. The Labute approximate surface area is 167 Å². The van der Waals surface area contributed by atoms with E-state index in [1.54, 1.807) is 0 Å². The van der Waals surface area contributed by atoms with E-state index in [0.29, 0.717) is 0 Å². The molecule has 0 radical (unpaired) electrons. The molecule has 27 heavy (non-hydrogen) atoms. The van der Waals surface area contributed by atoms with Gasteiger partial charge in [0, 0.05) is 0 Å². The van der Waals surface area contributed by atoms with Crippen LogP contribution in [0, 0.1) is 20.8 Å². The van der Waals surface area contributed by atoms with E-state index in [1.165, 1.54) is 38.2 Å². The zero-order valence-electron chi connectivity index (χ0n) is 18.5. The molecule has 2 rings (SSSR count). The lowest BCUT2D eigenvalue weighted by Gasteiger charge is -2.32. The first-order valence-corrected chi connectivity index (χ1v) is 16.8. The Kier molecular flexibility index (Phi) is 6.27. The Hall–Kier alpha value is -1.21. The van der Waals surface area contributed by atoms with Crippen LogP contribution in [0.15, 0.2) is 18.2 Å². The van der Waals surface area contributed by atoms with Crippen molar-refractivity contribution in [1.29, 1.82) is 0 Å². The van der Waals surface area contributed by atoms with E-state index in [0.717, 1.165) is 11.1 Å². The third-order valence-corrected chi connectivity index (χ3v) is 9.50. The van der Waals surface area contributed by atoms with Crippen LogP contribution in [0.1, 0.15) is 27.8 Å². The Morgan fingerprint density at radius 1 is 0.704 bits per heavy atom. The van der Waals surface area contributed by atoms with Gasteiger partial charge in [-0.3, -0.25) is 0 Å². The Balaban J connectivity index is 3.09. The summed E-state index contributed by atoms with van der Waals surface area (Å²) in [5.41, 5.74) is 8.39. The van der Waals surface area contributed by atoms with Gasteiger partial charge in [0.25, 0.3) is 0 Å². The first-order chi connectivity index (χ1) is 12.3. The number of benzene rings is 2. The average Bonchev–Trinajstić information content (AvgIpc) is 2.50. The molecule has 2 aromatic rings. The minimum absolute atomic E-state index is 0.000874. The standard InChI is InChI=1S/C23H36O2Si2/c1-15-10-16(2)22(17(3)11-15)18-12-21(26(4,5)6)19(13-24)20(14-25)23(18)27(7,8)9/h10-12,24-25H,13-14H2,1-9H3. The predicted octanol–water partition coefficient (Wildman–Crippen LogP) is 4.35. The van der Waals surface area contributed by atoms with Crippen molar-refractivity contribution in [2.45, 2.75) is 73.3 Å². The lowest BCUT2D eigenvalue weighted by molar-refractivity contribution is 0.261. The summed E-state index contributed by atoms with van der Waals surface area (Å²) in [6.45, 7) is 20.5. The minimum Gasteiger partial charge on any atom is -0.392 e. The monoisotopic (exact) mass is 400 g/mol. The van der Waals surface area contributed by atoms with Gasteiger partial charge in [0.05, 0.1) is 29.4 Å². The third-order valence-electron chi connectivity index (χ3n) is 5.37. The van der Waals surface area contributed by atoms with Crippen LogP contribution < -0.4 is 10.4 Å². The number of rotatable bonds is 5. The maximum absolute atomic E-state index is 10.4. The number of hydrogen-bond acceptors (Lipinski definition) is 2. The van der Waals surface area contributed by atoms with Crippen molar-refractivity contribution < 1.29 is 10.2 Å². The van der Waals surface area contributed by atoms with E-state index in [4.69, 9.17) is 0 Å². The third kappa shape index (κ3) is 4.29. The Bertz CT molecular complexity index is 833. The van der Waals surface area contributed by atoms with Crippen LogP contribution in [-0.2, 0) is 13.2 Å². The van der Waals surface area contributed by atoms with E-state index in [9.17, 15) is 10.2 Å². The molecule has 0 fully saturated rings. The van der Waals surface area contributed by atoms with Gasteiger partial charge in [-0.15, -0.1) is 0 Å². The average molecular weight is 401 g/mol. The maximum Gasteiger partial charge on any atom is 0.0789 e. The second-order valence-corrected chi connectivity index (χ2v) is 19.9. The molecule has 0 aliphatic heterocycles. The molecule has 2 N–H and O–H groups in total. The van der Waals surface area contributed by atoms with Crippen LogP contribution >= 0.6 is 0 Å². The molecule has 0 saturated heterocycles. The zero-order valence-corrected chi connectivity index (χ0v) is 20.5. The normalized spacial score (nSPS) is 12.6. The van der Waals surface area contributed by atoms with E-state index < -0.39 is 16.1 Å². The summed E-state index contributed by atoms with van der Waals surface area (Å²) in [4.78, 5) is 0. The number of hydrogen-bond donors (Lipinski definition) is 2. The highest BCUT2D eigenvalue weighted by atomic mass is 28.3. The number of aryl methyl sites for hydroxylation is 3. The largest absolute Gasteiger partial charge is 0.392 e. The summed E-state index contributed by atoms with van der Waals surface area (Å²) in [6, 6.07) is 6.86. The minimum atomic E-state index is -1.77. The van der Waals surface area contributed by atoms with Crippen molar-refractivity contribution >= 4 is 26.5 Å². The van der Waals surface area contributed by atoms with Gasteiger partial charge < -0.3 is 10.2 Å². The first-order valence-electron chi connectivity index (χ1n) is 9.82. The fraction of sp³-hybridized carbons (Fsp3) is 0.478. The topological polar surface area (TPSA) is 40.5 Å². The quantitative estimate of drug-likeness (QED) is 0.732. The highest BCUT2D eigenvalue weighted by Crippen LogP contribution is 2.31. The van der Waals surface area contributed by atoms with Crippen molar-refractivity contribution in [3.63, 3.8) is 0 Å². The van der Waals surface area contributed by atoms with Crippen LogP contribution in [0.5, 0.6) is 0 Å². The second kappa shape index (κ2) is 7.66. The molecule has 0 unspecified atom stereocenters. The van der Waals surface area contributed by atoms with E-state index in [-0.39, 0.29) is 13.2 Å². The van der Waals surface area contributed by atoms with Crippen molar-refractivity contribution in [1.82, 2.24) is 0 Å². The lowest BCUT2D eigenvalue weighted by Crippen LogP contribution is -2.48. The molecule has 0 saturated carbocycles. The smallest absolute Gasteiger partial charge is 0.0789 e. The highest BCUT2D eigenvalue weighted by Gasteiger charge is 2.31. The first kappa shape index (κ1) is 22.1. The Morgan fingerprint density at radius 3 is 1.56 bits per heavy atom. The molecule has 0 amide bonds. The van der Waals surface area contributed by atoms with Gasteiger partial charge in [0.1, 0.15) is 0 Å². The molecule has 148 valence electrons. The van der Waals surface area contributed by atoms with Crippen LogP contribution in [0.2, 0.25) is 39.3 Å². The van der Waals surface area contributed by atoms with Gasteiger partial charge in [-0.05, 0) is 59.3 Å². The molecular weight excluding hydrogens is 364 g/mol. The predicted molar refractivity (Wildman–Crippen MR) is 124 cm³/mol. The van der Waals surface area contributed by atoms with Crippen LogP contribution in [-0.4, -0.2) is 26.4 Å². The maximum atomic E-state index is 10.4. The summed E-state index contributed by atoms with van der Waals surface area (Å²) in [6.07, 6.45) is 0. The van der Waals surface area contributed by atoms with E-state index >= 15 is 0 Å². The van der Waals surface area contributed by atoms with Gasteiger partial charge >= 0.3 is 0 Å². The molecule has 0 atom stereocenters. The molecule has 0 bridgehead atoms. The fourth-order valence-electron chi connectivity index (χ4n) is 4.46. The summed E-state index contributed by atoms with van der Waals surface area (Å²) < 4.78 is 0. The van der Waals surface area contributed by atoms with Crippen molar-refractivity contribution in [3.05, 3.63) is 46.0 Å². The summed E-state index contributed by atoms with van der Waals surface area (Å²) >= 11 is 0. The van der Waals surface area contributed by atoms with Crippen LogP contribution in [0.4, 0.5) is 0 Å². The zero-order chi connectivity index (χ0) is 20.7. The molecule has 4 heteroatoms. The van der Waals surface area contributed by atoms with Gasteiger partial charge in [0.2, 0.25) is 0 Å². The van der Waals surface area contributed by atoms with Crippen molar-refractivity contribution in [2.75, 3.05) is 0 Å². The lowest BCUT2D eigenvalue weighted by atomic mass is 9.91. The highest BCUT2D eigenvalue weighted by molar-refractivity contribution is 6.91. The summed E-state index contributed by atoms with van der Waals surface area (Å²) in [5.74, 6) is 0. The van der Waals surface area contributed by atoms with Crippen molar-refractivity contribution in [2.24, 2.45) is 0 Å². The van der Waals surface area contributed by atoms with E-state index in [1.807, 2.05) is 0 Å². The molecule has 0 aliphatic rings. The van der Waals surface area contributed by atoms with Gasteiger partial charge in [-0.25, -0.2) is 0 Å². The van der Waals surface area contributed by atoms with E-state index in [2.05, 4.69) is 78.3 Å². The van der Waals surface area contributed by atoms with Gasteiger partial charge in [-0.1, -0.05) is 68.2 Å². The van der Waals surface area contributed by atoms with Crippen molar-refractivity contribution in [3.8, 4) is 11.1 Å². The van der Waals surface area contributed by atoms with Crippen LogP contribution in [0.3, 0.4) is 0 Å². The second-order valence-electron chi connectivity index (χ2n) is 9.89.